The van der Waals surface area contributed by atoms with Crippen LogP contribution in [0, 0.1) is 6.92 Å². The smallest absolute Gasteiger partial charge is 0.106 e. The highest BCUT2D eigenvalue weighted by Crippen LogP contribution is 2.38. The monoisotopic (exact) mass is 269 g/mol. The lowest BCUT2D eigenvalue weighted by Gasteiger charge is -2.23. The zero-order valence-electron chi connectivity index (χ0n) is 12.2. The summed E-state index contributed by atoms with van der Waals surface area (Å²) in [6, 6.07) is 8.26. The third-order valence-corrected chi connectivity index (χ3v) is 4.74. The summed E-state index contributed by atoms with van der Waals surface area (Å²) < 4.78 is 2.43. The maximum Gasteiger partial charge on any atom is 0.106 e. The fraction of sp³-hybridized carbons (Fsp3) is 0.588. The van der Waals surface area contributed by atoms with Gasteiger partial charge in [0.2, 0.25) is 0 Å². The molecule has 1 saturated heterocycles. The summed E-state index contributed by atoms with van der Waals surface area (Å²) in [5.41, 5.74) is 3.94. The molecule has 20 heavy (non-hydrogen) atoms. The minimum absolute atomic E-state index is 0.660. The highest BCUT2D eigenvalue weighted by Gasteiger charge is 2.27. The molecule has 1 aromatic carbocycles. The Morgan fingerprint density at radius 3 is 2.90 bits per heavy atom. The SMILES string of the molecule is Cc1nc2cc(CC3CCCCN3)ccc2n1C1CC1. The van der Waals surface area contributed by atoms with Crippen molar-refractivity contribution in [2.45, 2.75) is 57.5 Å². The Morgan fingerprint density at radius 1 is 1.25 bits per heavy atom. The number of imidazole rings is 1. The number of hydrogen-bond donors (Lipinski definition) is 1. The van der Waals surface area contributed by atoms with Gasteiger partial charge in [-0.2, -0.15) is 0 Å². The summed E-state index contributed by atoms with van der Waals surface area (Å²) in [4.78, 5) is 4.77. The van der Waals surface area contributed by atoms with E-state index < -0.39 is 0 Å². The molecule has 1 aliphatic carbocycles. The molecule has 0 radical (unpaired) electrons. The highest BCUT2D eigenvalue weighted by atomic mass is 15.1. The van der Waals surface area contributed by atoms with Crippen LogP contribution >= 0.6 is 0 Å². The second kappa shape index (κ2) is 4.88. The average Bonchev–Trinajstić information content (AvgIpc) is 3.23. The zero-order chi connectivity index (χ0) is 13.5. The fourth-order valence-electron chi connectivity index (χ4n) is 3.57. The first kappa shape index (κ1) is 12.4. The zero-order valence-corrected chi connectivity index (χ0v) is 12.2. The minimum Gasteiger partial charge on any atom is -0.325 e. The van der Waals surface area contributed by atoms with Crippen LogP contribution in [0.15, 0.2) is 18.2 Å². The molecule has 4 rings (SSSR count). The van der Waals surface area contributed by atoms with Crippen LogP contribution in [0.3, 0.4) is 0 Å². The van der Waals surface area contributed by atoms with Crippen molar-refractivity contribution in [3.8, 4) is 0 Å². The topological polar surface area (TPSA) is 29.9 Å². The molecule has 0 bridgehead atoms. The van der Waals surface area contributed by atoms with Crippen molar-refractivity contribution in [2.75, 3.05) is 6.54 Å². The second-order valence-corrected chi connectivity index (χ2v) is 6.43. The van der Waals surface area contributed by atoms with Crippen molar-refractivity contribution < 1.29 is 0 Å². The van der Waals surface area contributed by atoms with E-state index in [2.05, 4.69) is 35.0 Å². The normalized spacial score (nSPS) is 23.4. The maximum atomic E-state index is 4.77. The second-order valence-electron chi connectivity index (χ2n) is 6.43. The van der Waals surface area contributed by atoms with E-state index in [1.807, 2.05) is 0 Å². The van der Waals surface area contributed by atoms with Gasteiger partial charge in [0.25, 0.3) is 0 Å². The maximum absolute atomic E-state index is 4.77. The molecule has 1 aliphatic heterocycles. The molecule has 2 aromatic rings. The van der Waals surface area contributed by atoms with Crippen LogP contribution in [0.25, 0.3) is 11.0 Å². The van der Waals surface area contributed by atoms with Gasteiger partial charge in [-0.3, -0.25) is 0 Å². The number of nitrogens with one attached hydrogen (secondary N) is 1. The van der Waals surface area contributed by atoms with E-state index in [-0.39, 0.29) is 0 Å². The van der Waals surface area contributed by atoms with Crippen LogP contribution in [0.5, 0.6) is 0 Å². The van der Waals surface area contributed by atoms with Crippen LogP contribution in [0.4, 0.5) is 0 Å². The van der Waals surface area contributed by atoms with Gasteiger partial charge in [0.1, 0.15) is 5.82 Å². The van der Waals surface area contributed by atoms with Gasteiger partial charge in [-0.15, -0.1) is 0 Å². The van der Waals surface area contributed by atoms with Gasteiger partial charge < -0.3 is 9.88 Å². The Morgan fingerprint density at radius 2 is 2.15 bits per heavy atom. The van der Waals surface area contributed by atoms with Crippen LogP contribution in [-0.4, -0.2) is 22.1 Å². The van der Waals surface area contributed by atoms with Crippen molar-refractivity contribution in [3.63, 3.8) is 0 Å². The van der Waals surface area contributed by atoms with Gasteiger partial charge in [-0.05, 0) is 63.3 Å². The Labute approximate surface area is 120 Å². The van der Waals surface area contributed by atoms with Crippen molar-refractivity contribution in [2.24, 2.45) is 0 Å². The fourth-order valence-corrected chi connectivity index (χ4v) is 3.57. The molecular formula is C17H23N3. The molecule has 0 amide bonds. The van der Waals surface area contributed by atoms with E-state index in [4.69, 9.17) is 4.98 Å². The van der Waals surface area contributed by atoms with Gasteiger partial charge in [0.05, 0.1) is 11.0 Å². The molecule has 1 saturated carbocycles. The Hall–Kier alpha value is -1.35. The average molecular weight is 269 g/mol. The lowest BCUT2D eigenvalue weighted by atomic mass is 9.97. The van der Waals surface area contributed by atoms with Gasteiger partial charge in [-0.25, -0.2) is 4.98 Å². The van der Waals surface area contributed by atoms with Gasteiger partial charge >= 0.3 is 0 Å². The summed E-state index contributed by atoms with van der Waals surface area (Å²) in [6.07, 6.45) is 7.80. The predicted molar refractivity (Wildman–Crippen MR) is 82.1 cm³/mol. The first-order valence-corrected chi connectivity index (χ1v) is 8.02. The lowest BCUT2D eigenvalue weighted by molar-refractivity contribution is 0.399. The van der Waals surface area contributed by atoms with Gasteiger partial charge in [0, 0.05) is 12.1 Å². The van der Waals surface area contributed by atoms with E-state index in [1.54, 1.807) is 0 Å². The summed E-state index contributed by atoms with van der Waals surface area (Å²) in [7, 11) is 0. The predicted octanol–water partition coefficient (Wildman–Crippen LogP) is 3.36. The number of piperidine rings is 1. The minimum atomic E-state index is 0.660. The largest absolute Gasteiger partial charge is 0.325 e. The number of rotatable bonds is 3. The van der Waals surface area contributed by atoms with Crippen molar-refractivity contribution in [1.82, 2.24) is 14.9 Å². The number of aromatic nitrogens is 2. The quantitative estimate of drug-likeness (QED) is 0.926. The third kappa shape index (κ3) is 2.24. The van der Waals surface area contributed by atoms with E-state index in [9.17, 15) is 0 Å². The molecule has 106 valence electrons. The highest BCUT2D eigenvalue weighted by molar-refractivity contribution is 5.77. The molecule has 3 nitrogen and oxygen atoms in total. The van der Waals surface area contributed by atoms with Crippen molar-refractivity contribution in [3.05, 3.63) is 29.6 Å². The standard InChI is InChI=1S/C17H23N3/c1-12-19-16-11-13(10-14-4-2-3-9-18-14)5-8-17(16)20(12)15-6-7-15/h5,8,11,14-15,18H,2-4,6-7,9-10H2,1H3. The van der Waals surface area contributed by atoms with Gasteiger partial charge in [0.15, 0.2) is 0 Å². The first-order valence-electron chi connectivity index (χ1n) is 8.02. The summed E-state index contributed by atoms with van der Waals surface area (Å²) in [5.74, 6) is 1.18. The van der Waals surface area contributed by atoms with Gasteiger partial charge in [-0.1, -0.05) is 12.5 Å². The van der Waals surface area contributed by atoms with Crippen LogP contribution in [0.2, 0.25) is 0 Å². The molecule has 1 unspecified atom stereocenters. The van der Waals surface area contributed by atoms with E-state index in [0.29, 0.717) is 12.1 Å². The van der Waals surface area contributed by atoms with E-state index >= 15 is 0 Å². The Kier molecular flexibility index (Phi) is 3.03. The summed E-state index contributed by atoms with van der Waals surface area (Å²) in [5, 5.41) is 3.63. The lowest BCUT2D eigenvalue weighted by Crippen LogP contribution is -2.35. The molecule has 0 spiro atoms. The number of benzene rings is 1. The Bertz CT molecular complexity index is 618. The third-order valence-electron chi connectivity index (χ3n) is 4.74. The van der Waals surface area contributed by atoms with Crippen LogP contribution in [0.1, 0.15) is 49.5 Å². The van der Waals surface area contributed by atoms with Crippen molar-refractivity contribution >= 4 is 11.0 Å². The van der Waals surface area contributed by atoms with Crippen LogP contribution < -0.4 is 5.32 Å². The summed E-state index contributed by atoms with van der Waals surface area (Å²) in [6.45, 7) is 3.32. The number of aryl methyl sites for hydroxylation is 1. The molecule has 3 heteroatoms. The molecule has 1 N–H and O–H groups in total. The number of fused-ring (bicyclic) bond motifs is 1. The number of nitrogens with zero attached hydrogens (tertiary/aromatic N) is 2. The molecule has 2 heterocycles. The van der Waals surface area contributed by atoms with E-state index in [1.165, 1.54) is 61.1 Å². The molecule has 2 fully saturated rings. The molecule has 2 aliphatic rings. The number of hydrogen-bond acceptors (Lipinski definition) is 2. The van der Waals surface area contributed by atoms with Crippen molar-refractivity contribution in [1.29, 1.82) is 0 Å². The van der Waals surface area contributed by atoms with E-state index in [0.717, 1.165) is 6.42 Å². The summed E-state index contributed by atoms with van der Waals surface area (Å²) >= 11 is 0. The molecule has 1 atom stereocenters. The molecule has 1 aromatic heterocycles. The molecular weight excluding hydrogens is 246 g/mol. The first-order chi connectivity index (χ1) is 9.81. The Balaban J connectivity index is 1.62. The van der Waals surface area contributed by atoms with Crippen LogP contribution in [-0.2, 0) is 6.42 Å².